The van der Waals surface area contributed by atoms with Gasteiger partial charge in [0.1, 0.15) is 13.2 Å². The van der Waals surface area contributed by atoms with Gasteiger partial charge in [0.25, 0.3) is 5.69 Å². The average Bonchev–Trinajstić information content (AvgIpc) is 3.19. The number of benzene rings is 2. The molecule has 9 heteroatoms. The predicted molar refractivity (Wildman–Crippen MR) is 104 cm³/mol. The van der Waals surface area contributed by atoms with Crippen molar-refractivity contribution in [3.05, 3.63) is 76.2 Å². The molecule has 3 aromatic rings. The van der Waals surface area contributed by atoms with Crippen molar-refractivity contribution in [1.82, 2.24) is 15.1 Å². The molecule has 0 radical (unpaired) electrons. The van der Waals surface area contributed by atoms with Gasteiger partial charge in [-0.1, -0.05) is 30.3 Å². The first kappa shape index (κ1) is 20.0. The second kappa shape index (κ2) is 8.96. The Morgan fingerprint density at radius 1 is 1.14 bits per heavy atom. The fourth-order valence-electron chi connectivity index (χ4n) is 2.57. The van der Waals surface area contributed by atoms with Crippen molar-refractivity contribution >= 4 is 11.8 Å². The maximum atomic E-state index is 12.5. The number of non-ortho nitro benzene ring substituents is 1. The SMILES string of the molecule is CC(C)N(Cc1nnc(-c2ccc([N+](=O)[O-])cc2)o1)C(=O)OCc1ccccc1. The van der Waals surface area contributed by atoms with E-state index in [9.17, 15) is 14.9 Å². The summed E-state index contributed by atoms with van der Waals surface area (Å²) >= 11 is 0. The number of carbonyl (C=O) groups is 1. The van der Waals surface area contributed by atoms with Crippen LogP contribution in [0.2, 0.25) is 0 Å². The monoisotopic (exact) mass is 396 g/mol. The van der Waals surface area contributed by atoms with Gasteiger partial charge in [-0.05, 0) is 31.5 Å². The van der Waals surface area contributed by atoms with Crippen LogP contribution in [0.25, 0.3) is 11.5 Å². The number of carbonyl (C=O) groups excluding carboxylic acids is 1. The summed E-state index contributed by atoms with van der Waals surface area (Å²) in [6.45, 7) is 3.97. The molecule has 0 spiro atoms. The topological polar surface area (TPSA) is 112 Å². The molecular weight excluding hydrogens is 376 g/mol. The van der Waals surface area contributed by atoms with Crippen LogP contribution in [-0.4, -0.2) is 32.2 Å². The van der Waals surface area contributed by atoms with Crippen LogP contribution in [0.5, 0.6) is 0 Å². The van der Waals surface area contributed by atoms with E-state index in [0.717, 1.165) is 5.56 Å². The Morgan fingerprint density at radius 2 is 1.83 bits per heavy atom. The van der Waals surface area contributed by atoms with Gasteiger partial charge in [-0.2, -0.15) is 0 Å². The number of nitrogens with zero attached hydrogens (tertiary/aromatic N) is 4. The molecule has 0 unspecified atom stereocenters. The lowest BCUT2D eigenvalue weighted by Crippen LogP contribution is -2.36. The minimum atomic E-state index is -0.487. The van der Waals surface area contributed by atoms with E-state index in [1.165, 1.54) is 29.2 Å². The van der Waals surface area contributed by atoms with Crippen molar-refractivity contribution < 1.29 is 18.9 Å². The molecule has 0 bridgehead atoms. The van der Waals surface area contributed by atoms with Gasteiger partial charge in [0.2, 0.25) is 11.8 Å². The zero-order valence-corrected chi connectivity index (χ0v) is 16.0. The molecule has 2 aromatic carbocycles. The van der Waals surface area contributed by atoms with E-state index < -0.39 is 11.0 Å². The van der Waals surface area contributed by atoms with Crippen LogP contribution in [0.3, 0.4) is 0 Å². The largest absolute Gasteiger partial charge is 0.445 e. The van der Waals surface area contributed by atoms with Crippen LogP contribution in [0.1, 0.15) is 25.3 Å². The zero-order valence-electron chi connectivity index (χ0n) is 16.0. The molecular formula is C20H20N4O5. The molecule has 0 fully saturated rings. The Labute approximate surface area is 167 Å². The fraction of sp³-hybridized carbons (Fsp3) is 0.250. The molecule has 0 aliphatic rings. The van der Waals surface area contributed by atoms with Gasteiger partial charge >= 0.3 is 6.09 Å². The summed E-state index contributed by atoms with van der Waals surface area (Å²) in [5, 5.41) is 18.7. The van der Waals surface area contributed by atoms with E-state index in [2.05, 4.69) is 10.2 Å². The lowest BCUT2D eigenvalue weighted by Gasteiger charge is -2.24. The standard InChI is InChI=1S/C20H20N4O5/c1-14(2)23(20(25)28-13-15-6-4-3-5-7-15)12-18-21-22-19(29-18)16-8-10-17(11-9-16)24(26)27/h3-11,14H,12-13H2,1-2H3. The number of amides is 1. The van der Waals surface area contributed by atoms with E-state index in [1.54, 1.807) is 0 Å². The van der Waals surface area contributed by atoms with Gasteiger partial charge in [0.15, 0.2) is 0 Å². The third kappa shape index (κ3) is 5.16. The number of hydrogen-bond donors (Lipinski definition) is 0. The van der Waals surface area contributed by atoms with Gasteiger partial charge in [-0.25, -0.2) is 4.79 Å². The molecule has 1 aromatic heterocycles. The van der Waals surface area contributed by atoms with Gasteiger partial charge in [0.05, 0.1) is 4.92 Å². The summed E-state index contributed by atoms with van der Waals surface area (Å²) < 4.78 is 11.0. The second-order valence-corrected chi connectivity index (χ2v) is 6.57. The molecule has 1 heterocycles. The molecule has 150 valence electrons. The third-order valence-electron chi connectivity index (χ3n) is 4.16. The molecule has 0 aliphatic carbocycles. The van der Waals surface area contributed by atoms with Crippen molar-refractivity contribution in [3.63, 3.8) is 0 Å². The highest BCUT2D eigenvalue weighted by Gasteiger charge is 2.22. The Balaban J connectivity index is 1.66. The molecule has 0 saturated carbocycles. The maximum absolute atomic E-state index is 12.5. The summed E-state index contributed by atoms with van der Waals surface area (Å²) in [5.41, 5.74) is 1.42. The number of aromatic nitrogens is 2. The summed E-state index contributed by atoms with van der Waals surface area (Å²) in [5.74, 6) is 0.458. The van der Waals surface area contributed by atoms with Crippen molar-refractivity contribution in [2.24, 2.45) is 0 Å². The van der Waals surface area contributed by atoms with Gasteiger partial charge in [-0.15, -0.1) is 10.2 Å². The first-order chi connectivity index (χ1) is 13.9. The minimum absolute atomic E-state index is 0.0272. The van der Waals surface area contributed by atoms with E-state index in [0.29, 0.717) is 5.56 Å². The highest BCUT2D eigenvalue weighted by Crippen LogP contribution is 2.22. The first-order valence-corrected chi connectivity index (χ1v) is 8.98. The molecule has 0 aliphatic heterocycles. The predicted octanol–water partition coefficient (Wildman–Crippen LogP) is 4.19. The van der Waals surface area contributed by atoms with Gasteiger partial charge in [-0.3, -0.25) is 15.0 Å². The normalized spacial score (nSPS) is 10.7. The Bertz CT molecular complexity index is 970. The van der Waals surface area contributed by atoms with Crippen LogP contribution in [-0.2, 0) is 17.9 Å². The molecule has 0 saturated heterocycles. The number of rotatable bonds is 7. The molecule has 3 rings (SSSR count). The van der Waals surface area contributed by atoms with Crippen molar-refractivity contribution in [2.45, 2.75) is 33.0 Å². The van der Waals surface area contributed by atoms with E-state index >= 15 is 0 Å². The minimum Gasteiger partial charge on any atom is -0.445 e. The van der Waals surface area contributed by atoms with Crippen LogP contribution in [0.15, 0.2) is 59.0 Å². The summed E-state index contributed by atoms with van der Waals surface area (Å²) in [6.07, 6.45) is -0.487. The smallest absolute Gasteiger partial charge is 0.410 e. The lowest BCUT2D eigenvalue weighted by molar-refractivity contribution is -0.384. The van der Waals surface area contributed by atoms with Gasteiger partial charge < -0.3 is 9.15 Å². The number of nitro groups is 1. The number of hydrogen-bond acceptors (Lipinski definition) is 7. The number of nitro benzene ring substituents is 1. The lowest BCUT2D eigenvalue weighted by atomic mass is 10.2. The van der Waals surface area contributed by atoms with Crippen molar-refractivity contribution in [2.75, 3.05) is 0 Å². The number of ether oxygens (including phenoxy) is 1. The summed E-state index contributed by atoms with van der Waals surface area (Å²) in [4.78, 5) is 24.2. The molecule has 1 amide bonds. The third-order valence-corrected chi connectivity index (χ3v) is 4.16. The Hall–Kier alpha value is -3.75. The van der Waals surface area contributed by atoms with Crippen molar-refractivity contribution in [3.8, 4) is 11.5 Å². The molecule has 0 N–H and O–H groups in total. The Kier molecular flexibility index (Phi) is 6.18. The Morgan fingerprint density at radius 3 is 2.45 bits per heavy atom. The highest BCUT2D eigenvalue weighted by molar-refractivity contribution is 5.68. The quantitative estimate of drug-likeness (QED) is 0.435. The van der Waals surface area contributed by atoms with Crippen LogP contribution in [0, 0.1) is 10.1 Å². The maximum Gasteiger partial charge on any atom is 0.410 e. The zero-order chi connectivity index (χ0) is 20.8. The van der Waals surface area contributed by atoms with E-state index in [4.69, 9.17) is 9.15 Å². The summed E-state index contributed by atoms with van der Waals surface area (Å²) in [7, 11) is 0. The molecule has 29 heavy (non-hydrogen) atoms. The average molecular weight is 396 g/mol. The van der Waals surface area contributed by atoms with Crippen LogP contribution < -0.4 is 0 Å². The van der Waals surface area contributed by atoms with Gasteiger partial charge in [0, 0.05) is 23.7 Å². The fourth-order valence-corrected chi connectivity index (χ4v) is 2.57. The van der Waals surface area contributed by atoms with Crippen LogP contribution >= 0.6 is 0 Å². The molecule has 9 nitrogen and oxygen atoms in total. The first-order valence-electron chi connectivity index (χ1n) is 8.98. The van der Waals surface area contributed by atoms with Crippen LogP contribution in [0.4, 0.5) is 10.5 Å². The van der Waals surface area contributed by atoms with E-state index in [1.807, 2.05) is 44.2 Å². The van der Waals surface area contributed by atoms with E-state index in [-0.39, 0.29) is 36.7 Å². The van der Waals surface area contributed by atoms with Crippen molar-refractivity contribution in [1.29, 1.82) is 0 Å². The molecule has 0 atom stereocenters. The highest BCUT2D eigenvalue weighted by atomic mass is 16.6. The second-order valence-electron chi connectivity index (χ2n) is 6.57. The summed E-state index contributed by atoms with van der Waals surface area (Å²) in [6, 6.07) is 15.0.